The molecule has 0 amide bonds. The van der Waals surface area contributed by atoms with Gasteiger partial charge in [-0.25, -0.2) is 18.7 Å². The van der Waals surface area contributed by atoms with Gasteiger partial charge in [-0.05, 0) is 61.4 Å². The van der Waals surface area contributed by atoms with Crippen molar-refractivity contribution in [3.8, 4) is 0 Å². The number of aryl methyl sites for hydroxylation is 1. The molecule has 1 atom stereocenters. The molecule has 0 fully saturated rings. The van der Waals surface area contributed by atoms with Crippen molar-refractivity contribution in [2.24, 2.45) is 0 Å². The van der Waals surface area contributed by atoms with Gasteiger partial charge in [-0.1, -0.05) is 23.8 Å². The van der Waals surface area contributed by atoms with Gasteiger partial charge >= 0.3 is 0 Å². The predicted octanol–water partition coefficient (Wildman–Crippen LogP) is 4.49. The Bertz CT molecular complexity index is 1120. The number of nitrogens with two attached hydrogens (primary N) is 1. The summed E-state index contributed by atoms with van der Waals surface area (Å²) >= 11 is 0. The summed E-state index contributed by atoms with van der Waals surface area (Å²) in [5.74, 6) is 0.506. The smallest absolute Gasteiger partial charge is 0.264 e. The third-order valence-electron chi connectivity index (χ3n) is 6.46. The molecule has 2 aromatic heterocycles. The molecule has 1 aliphatic heterocycles. The van der Waals surface area contributed by atoms with Crippen LogP contribution in [-0.4, -0.2) is 21.1 Å². The molecule has 2 aliphatic rings. The molecular formula is C23H25F2N5. The molecule has 0 spiro atoms. The number of hydrogen-bond donors (Lipinski definition) is 2. The maximum absolute atomic E-state index is 13.4. The Morgan fingerprint density at radius 2 is 2.03 bits per heavy atom. The van der Waals surface area contributed by atoms with Crippen LogP contribution >= 0.6 is 0 Å². The number of aromatic nitrogens is 3. The standard InChI is InChI=1S/C23H25F2N5/c24-21(25)18-6-4-15(20-12-27-9-7-17(18)20)3-1-14-2-5-16(11-14)30-10-8-19-22(26)28-13-29-23(19)30/h4,6,8,10-11,13,16,21,27H,1-3,5,7,9,12H2,(H2,26,28,29). The number of alkyl halides is 2. The number of benzene rings is 1. The zero-order valence-corrected chi connectivity index (χ0v) is 16.7. The van der Waals surface area contributed by atoms with E-state index in [9.17, 15) is 8.78 Å². The van der Waals surface area contributed by atoms with Crippen molar-refractivity contribution in [2.75, 3.05) is 12.3 Å². The molecule has 0 saturated carbocycles. The van der Waals surface area contributed by atoms with Gasteiger partial charge in [0.25, 0.3) is 6.43 Å². The molecule has 3 aromatic rings. The number of hydrogen-bond acceptors (Lipinski definition) is 4. The summed E-state index contributed by atoms with van der Waals surface area (Å²) in [6, 6.07) is 5.77. The number of nitrogens with zero attached hydrogens (tertiary/aromatic N) is 3. The normalized spacial score (nSPS) is 18.8. The molecule has 5 nitrogen and oxygen atoms in total. The van der Waals surface area contributed by atoms with Crippen molar-refractivity contribution >= 4 is 16.9 Å². The Kier molecular flexibility index (Phi) is 4.98. The zero-order valence-electron chi connectivity index (χ0n) is 16.7. The first kappa shape index (κ1) is 19.2. The van der Waals surface area contributed by atoms with Gasteiger partial charge in [0.2, 0.25) is 0 Å². The minimum absolute atomic E-state index is 0.205. The van der Waals surface area contributed by atoms with Crippen LogP contribution in [-0.2, 0) is 19.4 Å². The van der Waals surface area contributed by atoms with E-state index in [4.69, 9.17) is 5.73 Å². The summed E-state index contributed by atoms with van der Waals surface area (Å²) in [6.45, 7) is 1.45. The van der Waals surface area contributed by atoms with E-state index in [0.29, 0.717) is 18.8 Å². The lowest BCUT2D eigenvalue weighted by Gasteiger charge is -2.23. The Balaban J connectivity index is 1.34. The quantitative estimate of drug-likeness (QED) is 0.609. The number of rotatable bonds is 5. The monoisotopic (exact) mass is 409 g/mol. The number of halogens is 2. The lowest BCUT2D eigenvalue weighted by molar-refractivity contribution is 0.150. The molecule has 5 rings (SSSR count). The number of nitrogen functional groups attached to an aromatic ring is 1. The van der Waals surface area contributed by atoms with Gasteiger partial charge in [-0.3, -0.25) is 0 Å². The second-order valence-corrected chi connectivity index (χ2v) is 8.15. The van der Waals surface area contributed by atoms with Gasteiger partial charge in [-0.15, -0.1) is 0 Å². The summed E-state index contributed by atoms with van der Waals surface area (Å²) in [6.07, 6.45) is 8.06. The summed E-state index contributed by atoms with van der Waals surface area (Å²) in [4.78, 5) is 8.47. The van der Waals surface area contributed by atoms with Crippen LogP contribution in [0.25, 0.3) is 11.0 Å². The van der Waals surface area contributed by atoms with E-state index >= 15 is 0 Å². The zero-order chi connectivity index (χ0) is 20.7. The van der Waals surface area contributed by atoms with E-state index in [2.05, 4.69) is 25.9 Å². The lowest BCUT2D eigenvalue weighted by atomic mass is 9.89. The SMILES string of the molecule is Nc1ncnc2c1ccn2C1C=C(CCc2ccc(C(F)F)c3c2CNCC3)CC1. The summed E-state index contributed by atoms with van der Waals surface area (Å²) in [5.41, 5.74) is 11.6. The molecule has 1 aliphatic carbocycles. The van der Waals surface area contributed by atoms with Crippen molar-refractivity contribution in [3.05, 3.63) is 64.6 Å². The topological polar surface area (TPSA) is 68.8 Å². The number of fused-ring (bicyclic) bond motifs is 2. The summed E-state index contributed by atoms with van der Waals surface area (Å²) < 4.78 is 28.9. The van der Waals surface area contributed by atoms with E-state index in [1.54, 1.807) is 6.07 Å². The van der Waals surface area contributed by atoms with E-state index in [0.717, 1.165) is 54.4 Å². The van der Waals surface area contributed by atoms with Crippen LogP contribution in [0.15, 0.2) is 42.4 Å². The number of nitrogens with one attached hydrogen (secondary N) is 1. The van der Waals surface area contributed by atoms with Gasteiger partial charge in [0.05, 0.1) is 11.4 Å². The van der Waals surface area contributed by atoms with Gasteiger partial charge in [-0.2, -0.15) is 0 Å². The maximum atomic E-state index is 13.4. The molecule has 7 heteroatoms. The largest absolute Gasteiger partial charge is 0.383 e. The average molecular weight is 409 g/mol. The fraction of sp³-hybridized carbons (Fsp3) is 0.391. The first-order valence-corrected chi connectivity index (χ1v) is 10.5. The fourth-order valence-electron chi connectivity index (χ4n) is 4.89. The van der Waals surface area contributed by atoms with E-state index in [-0.39, 0.29) is 11.6 Å². The first-order chi connectivity index (χ1) is 14.6. The predicted molar refractivity (Wildman–Crippen MR) is 113 cm³/mol. The highest BCUT2D eigenvalue weighted by Crippen LogP contribution is 2.35. The van der Waals surface area contributed by atoms with Crippen molar-refractivity contribution in [2.45, 2.75) is 51.1 Å². The molecular weight excluding hydrogens is 384 g/mol. The van der Waals surface area contributed by atoms with Gasteiger partial charge in [0.15, 0.2) is 0 Å². The summed E-state index contributed by atoms with van der Waals surface area (Å²) in [7, 11) is 0. The molecule has 156 valence electrons. The van der Waals surface area contributed by atoms with Gasteiger partial charge in [0, 0.05) is 18.3 Å². The Morgan fingerprint density at radius 1 is 1.13 bits per heavy atom. The Hall–Kier alpha value is -2.80. The summed E-state index contributed by atoms with van der Waals surface area (Å²) in [5, 5.41) is 4.22. The van der Waals surface area contributed by atoms with E-state index in [1.165, 1.54) is 17.5 Å². The maximum Gasteiger partial charge on any atom is 0.264 e. The number of allylic oxidation sites excluding steroid dienone is 2. The van der Waals surface area contributed by atoms with Crippen LogP contribution in [0.1, 0.15) is 54.0 Å². The molecule has 1 aromatic carbocycles. The minimum atomic E-state index is -2.40. The van der Waals surface area contributed by atoms with Crippen LogP contribution in [0.4, 0.5) is 14.6 Å². The van der Waals surface area contributed by atoms with Gasteiger partial charge < -0.3 is 15.6 Å². The molecule has 0 radical (unpaired) electrons. The second kappa shape index (κ2) is 7.80. The molecule has 3 heterocycles. The van der Waals surface area contributed by atoms with E-state index < -0.39 is 6.43 Å². The Labute approximate surface area is 174 Å². The van der Waals surface area contributed by atoms with Gasteiger partial charge in [0.1, 0.15) is 17.8 Å². The van der Waals surface area contributed by atoms with Crippen molar-refractivity contribution < 1.29 is 8.78 Å². The molecule has 1 unspecified atom stereocenters. The second-order valence-electron chi connectivity index (χ2n) is 8.15. The van der Waals surface area contributed by atoms with Crippen LogP contribution < -0.4 is 11.1 Å². The van der Waals surface area contributed by atoms with Crippen molar-refractivity contribution in [1.82, 2.24) is 19.9 Å². The van der Waals surface area contributed by atoms with Crippen LogP contribution in [0.3, 0.4) is 0 Å². The molecule has 30 heavy (non-hydrogen) atoms. The first-order valence-electron chi connectivity index (χ1n) is 10.5. The highest BCUT2D eigenvalue weighted by molar-refractivity contribution is 5.86. The van der Waals surface area contributed by atoms with Crippen LogP contribution in [0.5, 0.6) is 0 Å². The lowest BCUT2D eigenvalue weighted by Crippen LogP contribution is -2.26. The van der Waals surface area contributed by atoms with E-state index in [1.807, 2.05) is 18.3 Å². The third-order valence-corrected chi connectivity index (χ3v) is 6.46. The average Bonchev–Trinajstić information content (AvgIpc) is 3.39. The van der Waals surface area contributed by atoms with Crippen LogP contribution in [0.2, 0.25) is 0 Å². The minimum Gasteiger partial charge on any atom is -0.383 e. The highest BCUT2D eigenvalue weighted by Gasteiger charge is 2.23. The molecule has 3 N–H and O–H groups in total. The Morgan fingerprint density at radius 3 is 2.90 bits per heavy atom. The third kappa shape index (κ3) is 3.37. The fourth-order valence-corrected chi connectivity index (χ4v) is 4.89. The number of anilines is 1. The molecule has 0 saturated heterocycles. The van der Waals surface area contributed by atoms with Crippen LogP contribution in [0, 0.1) is 0 Å². The van der Waals surface area contributed by atoms with Crippen molar-refractivity contribution in [3.63, 3.8) is 0 Å². The molecule has 0 bridgehead atoms. The van der Waals surface area contributed by atoms with Crippen molar-refractivity contribution in [1.29, 1.82) is 0 Å². The highest BCUT2D eigenvalue weighted by atomic mass is 19.3.